The van der Waals surface area contributed by atoms with E-state index in [0.29, 0.717) is 22.7 Å². The molecule has 1 heteroatoms. The lowest BCUT2D eigenvalue weighted by Gasteiger charge is -2.57. The predicted octanol–water partition coefficient (Wildman–Crippen LogP) is 7.80. The van der Waals surface area contributed by atoms with Gasteiger partial charge >= 0.3 is 0 Å². The van der Waals surface area contributed by atoms with Crippen LogP contribution in [0.1, 0.15) is 99.3 Å². The molecule has 0 aromatic rings. The molecule has 3 saturated carbocycles. The first kappa shape index (κ1) is 22.6. The summed E-state index contributed by atoms with van der Waals surface area (Å²) in [4.78, 5) is 0. The van der Waals surface area contributed by atoms with Crippen LogP contribution in [-0.2, 0) is 0 Å². The SMILES string of the molecule is CC[C@H](C=C[C@@H](C)[C@H]1CC[C@H]2C3=CC[C@@H]4C[C@@H](O)CC[C@]4(C)[C@H]3CC[C@]12C)C(C)C. The Kier molecular flexibility index (Phi) is 6.35. The van der Waals surface area contributed by atoms with E-state index in [-0.39, 0.29) is 6.10 Å². The van der Waals surface area contributed by atoms with Crippen molar-refractivity contribution in [3.63, 3.8) is 0 Å². The fourth-order valence-electron chi connectivity index (χ4n) is 8.68. The van der Waals surface area contributed by atoms with E-state index < -0.39 is 0 Å². The lowest BCUT2D eigenvalue weighted by molar-refractivity contribution is -0.0414. The summed E-state index contributed by atoms with van der Waals surface area (Å²) in [6.45, 7) is 14.8. The molecule has 1 nitrogen and oxygen atoms in total. The average molecular weight is 413 g/mol. The molecule has 0 aromatic heterocycles. The van der Waals surface area contributed by atoms with Gasteiger partial charge in [0.05, 0.1) is 6.10 Å². The van der Waals surface area contributed by atoms with E-state index in [2.05, 4.69) is 59.8 Å². The first-order chi connectivity index (χ1) is 14.2. The zero-order valence-corrected chi connectivity index (χ0v) is 20.7. The Morgan fingerprint density at radius 1 is 1.00 bits per heavy atom. The van der Waals surface area contributed by atoms with E-state index >= 15 is 0 Å². The van der Waals surface area contributed by atoms with Crippen molar-refractivity contribution in [3.8, 4) is 0 Å². The van der Waals surface area contributed by atoms with E-state index in [1.807, 2.05) is 5.57 Å². The van der Waals surface area contributed by atoms with Gasteiger partial charge in [-0.2, -0.15) is 0 Å². The molecule has 0 unspecified atom stereocenters. The van der Waals surface area contributed by atoms with Crippen LogP contribution in [0.5, 0.6) is 0 Å². The molecular weight excluding hydrogens is 364 g/mol. The van der Waals surface area contributed by atoms with Gasteiger partial charge in [0.15, 0.2) is 0 Å². The molecule has 4 aliphatic carbocycles. The van der Waals surface area contributed by atoms with Crippen molar-refractivity contribution in [2.24, 2.45) is 52.3 Å². The summed E-state index contributed by atoms with van der Waals surface area (Å²) in [6, 6.07) is 0. The minimum atomic E-state index is -0.0480. The van der Waals surface area contributed by atoms with Crippen molar-refractivity contribution in [2.45, 2.75) is 105 Å². The first-order valence-corrected chi connectivity index (χ1v) is 13.3. The second-order valence-electron chi connectivity index (χ2n) is 12.5. The summed E-state index contributed by atoms with van der Waals surface area (Å²) in [7, 11) is 0. The zero-order chi connectivity index (χ0) is 21.7. The van der Waals surface area contributed by atoms with Crippen molar-refractivity contribution in [1.29, 1.82) is 0 Å². The molecule has 0 radical (unpaired) electrons. The molecule has 30 heavy (non-hydrogen) atoms. The van der Waals surface area contributed by atoms with Gasteiger partial charge in [-0.25, -0.2) is 0 Å². The molecule has 4 rings (SSSR count). The summed E-state index contributed by atoms with van der Waals surface area (Å²) in [5.74, 6) is 5.32. The summed E-state index contributed by atoms with van der Waals surface area (Å²) >= 11 is 0. The van der Waals surface area contributed by atoms with Crippen molar-refractivity contribution < 1.29 is 5.11 Å². The van der Waals surface area contributed by atoms with Crippen LogP contribution in [0.3, 0.4) is 0 Å². The number of rotatable bonds is 5. The number of fused-ring (bicyclic) bond motifs is 5. The highest BCUT2D eigenvalue weighted by Gasteiger charge is 2.57. The van der Waals surface area contributed by atoms with Gasteiger partial charge in [-0.05, 0) is 110 Å². The van der Waals surface area contributed by atoms with E-state index in [0.717, 1.165) is 42.4 Å². The summed E-state index contributed by atoms with van der Waals surface area (Å²) in [6.07, 6.45) is 19.2. The Bertz CT molecular complexity index is 674. The largest absolute Gasteiger partial charge is 0.393 e. The lowest BCUT2D eigenvalue weighted by Crippen LogP contribution is -2.49. The normalized spacial score (nSPS) is 45.6. The summed E-state index contributed by atoms with van der Waals surface area (Å²) in [5.41, 5.74) is 2.79. The third kappa shape index (κ3) is 3.66. The Morgan fingerprint density at radius 3 is 2.40 bits per heavy atom. The third-order valence-corrected chi connectivity index (χ3v) is 10.7. The summed E-state index contributed by atoms with van der Waals surface area (Å²) in [5, 5.41) is 10.3. The Morgan fingerprint density at radius 2 is 1.70 bits per heavy atom. The van der Waals surface area contributed by atoms with Crippen molar-refractivity contribution in [3.05, 3.63) is 23.8 Å². The first-order valence-electron chi connectivity index (χ1n) is 13.3. The van der Waals surface area contributed by atoms with E-state index in [1.165, 1.54) is 44.9 Å². The highest BCUT2D eigenvalue weighted by molar-refractivity contribution is 5.28. The smallest absolute Gasteiger partial charge is 0.0543 e. The molecule has 0 saturated heterocycles. The number of allylic oxidation sites excluding steroid dienone is 4. The maximum Gasteiger partial charge on any atom is 0.0543 e. The molecule has 4 aliphatic rings. The van der Waals surface area contributed by atoms with E-state index in [4.69, 9.17) is 0 Å². The van der Waals surface area contributed by atoms with Crippen LogP contribution in [0.25, 0.3) is 0 Å². The molecule has 0 heterocycles. The number of hydrogen-bond acceptors (Lipinski definition) is 1. The monoisotopic (exact) mass is 412 g/mol. The van der Waals surface area contributed by atoms with Gasteiger partial charge in [-0.1, -0.05) is 65.3 Å². The molecule has 0 bridgehead atoms. The Balaban J connectivity index is 1.53. The Hall–Kier alpha value is -0.560. The van der Waals surface area contributed by atoms with Gasteiger partial charge in [-0.3, -0.25) is 0 Å². The minimum absolute atomic E-state index is 0.0480. The summed E-state index contributed by atoms with van der Waals surface area (Å²) < 4.78 is 0. The van der Waals surface area contributed by atoms with E-state index in [1.54, 1.807) is 0 Å². The van der Waals surface area contributed by atoms with Crippen LogP contribution >= 0.6 is 0 Å². The topological polar surface area (TPSA) is 20.2 Å². The molecule has 0 aromatic carbocycles. The van der Waals surface area contributed by atoms with Crippen molar-refractivity contribution in [2.75, 3.05) is 0 Å². The molecule has 3 fully saturated rings. The number of aliphatic hydroxyl groups excluding tert-OH is 1. The molecule has 170 valence electrons. The van der Waals surface area contributed by atoms with E-state index in [9.17, 15) is 5.11 Å². The third-order valence-electron chi connectivity index (χ3n) is 10.7. The average Bonchev–Trinajstić information content (AvgIpc) is 3.06. The predicted molar refractivity (Wildman–Crippen MR) is 128 cm³/mol. The highest BCUT2D eigenvalue weighted by Crippen LogP contribution is 2.66. The Labute approximate surface area is 186 Å². The quantitative estimate of drug-likeness (QED) is 0.457. The van der Waals surface area contributed by atoms with Gasteiger partial charge in [-0.15, -0.1) is 0 Å². The lowest BCUT2D eigenvalue weighted by atomic mass is 9.47. The number of aliphatic hydroxyl groups is 1. The highest BCUT2D eigenvalue weighted by atomic mass is 16.3. The second-order valence-corrected chi connectivity index (χ2v) is 12.5. The van der Waals surface area contributed by atoms with Gasteiger partial charge in [0.25, 0.3) is 0 Å². The van der Waals surface area contributed by atoms with Crippen LogP contribution in [-0.4, -0.2) is 11.2 Å². The van der Waals surface area contributed by atoms with Crippen LogP contribution in [0, 0.1) is 52.3 Å². The molecule has 0 amide bonds. The van der Waals surface area contributed by atoms with Crippen LogP contribution in [0.2, 0.25) is 0 Å². The maximum atomic E-state index is 10.3. The van der Waals surface area contributed by atoms with Gasteiger partial charge < -0.3 is 5.11 Å². The van der Waals surface area contributed by atoms with Crippen LogP contribution in [0.4, 0.5) is 0 Å². The standard InChI is InChI=1S/C29H48O/c1-7-21(19(2)3)9-8-20(4)25-12-13-26-24-11-10-22-18-23(30)14-16-28(22,5)27(24)15-17-29(25,26)6/h8-9,11,19-23,25-27,30H,7,10,12-18H2,1-6H3/t20-,21-,22-,23+,25-,26+,27+,28+,29-/m1/s1. The number of hydrogen-bond donors (Lipinski definition) is 1. The van der Waals surface area contributed by atoms with Crippen molar-refractivity contribution >= 4 is 0 Å². The zero-order valence-electron chi connectivity index (χ0n) is 20.7. The minimum Gasteiger partial charge on any atom is -0.393 e. The van der Waals surface area contributed by atoms with Gasteiger partial charge in [0.2, 0.25) is 0 Å². The van der Waals surface area contributed by atoms with Gasteiger partial charge in [0.1, 0.15) is 0 Å². The van der Waals surface area contributed by atoms with Crippen LogP contribution in [0.15, 0.2) is 23.8 Å². The maximum absolute atomic E-state index is 10.3. The molecule has 1 N–H and O–H groups in total. The van der Waals surface area contributed by atoms with Crippen molar-refractivity contribution in [1.82, 2.24) is 0 Å². The fourth-order valence-corrected chi connectivity index (χ4v) is 8.68. The molecule has 0 aliphatic heterocycles. The van der Waals surface area contributed by atoms with Gasteiger partial charge in [0, 0.05) is 0 Å². The molecule has 9 atom stereocenters. The molecule has 0 spiro atoms. The molecular formula is C29H48O. The second kappa shape index (κ2) is 8.42. The fraction of sp³-hybridized carbons (Fsp3) is 0.862. The van der Waals surface area contributed by atoms with Crippen LogP contribution < -0.4 is 0 Å².